The van der Waals surface area contributed by atoms with E-state index < -0.39 is 59.6 Å². The average Bonchev–Trinajstić information content (AvgIpc) is 3.63. The zero-order valence-corrected chi connectivity index (χ0v) is 28.4. The summed E-state index contributed by atoms with van der Waals surface area (Å²) in [6, 6.07) is 6.75. The topological polar surface area (TPSA) is 117 Å². The molecule has 3 amide bonds. The Labute approximate surface area is 274 Å². The predicted molar refractivity (Wildman–Crippen MR) is 173 cm³/mol. The van der Waals surface area contributed by atoms with E-state index in [1.54, 1.807) is 35.9 Å². The Balaban J connectivity index is 1.72. The molecule has 11 heteroatoms. The van der Waals surface area contributed by atoms with Gasteiger partial charge in [-0.25, -0.2) is 0 Å². The van der Waals surface area contributed by atoms with Gasteiger partial charge in [-0.05, 0) is 46.1 Å². The lowest BCUT2D eigenvalue weighted by Crippen LogP contribution is -2.59. The molecule has 1 spiro atoms. The molecule has 3 aliphatic heterocycles. The maximum atomic E-state index is 14.3. The van der Waals surface area contributed by atoms with Crippen LogP contribution in [-0.2, 0) is 28.7 Å². The lowest BCUT2D eigenvalue weighted by atomic mass is 9.70. The standard InChI is InChI=1S/C34H46BrN3O7/c1-8-10-16-25(40)36(7)22(6)28(23-14-12-11-13-15-23)44-33(43)26-27-31(41)38(21(5)19-39)30(32(42)37(17-9-2)20(3)4)34(27)18-24(35)29(26)45-34/h8-9,11-15,20-22,24,26-30,39H,1-2,10,16-19H2,3-7H3/t21-,22-,24?,26-,27+,28+,29-,30-,34+/m1/s1. The molecule has 9 atom stereocenters. The second-order valence-corrected chi connectivity index (χ2v) is 13.8. The lowest BCUT2D eigenvalue weighted by molar-refractivity contribution is -0.165. The fraction of sp³-hybridized carbons (Fsp3) is 0.588. The highest BCUT2D eigenvalue weighted by molar-refractivity contribution is 9.09. The number of esters is 1. The van der Waals surface area contributed by atoms with Gasteiger partial charge in [-0.15, -0.1) is 13.2 Å². The minimum absolute atomic E-state index is 0.114. The Hall–Kier alpha value is -3.02. The molecule has 1 unspecified atom stereocenters. The van der Waals surface area contributed by atoms with E-state index in [9.17, 15) is 24.3 Å². The second-order valence-electron chi connectivity index (χ2n) is 12.7. The largest absolute Gasteiger partial charge is 0.455 e. The number of halogens is 1. The summed E-state index contributed by atoms with van der Waals surface area (Å²) < 4.78 is 12.9. The number of allylic oxidation sites excluding steroid dienone is 1. The second kappa shape index (κ2) is 14.2. The first-order chi connectivity index (χ1) is 21.4. The van der Waals surface area contributed by atoms with Crippen molar-refractivity contribution in [3.8, 4) is 0 Å². The van der Waals surface area contributed by atoms with Crippen molar-refractivity contribution in [2.45, 2.75) is 93.8 Å². The number of nitrogens with zero attached hydrogens (tertiary/aromatic N) is 3. The molecule has 10 nitrogen and oxygen atoms in total. The van der Waals surface area contributed by atoms with E-state index in [1.165, 1.54) is 4.90 Å². The van der Waals surface area contributed by atoms with Crippen LogP contribution in [0.25, 0.3) is 0 Å². The summed E-state index contributed by atoms with van der Waals surface area (Å²) in [4.78, 5) is 60.1. The number of ether oxygens (including phenoxy) is 2. The van der Waals surface area contributed by atoms with Gasteiger partial charge >= 0.3 is 5.97 Å². The van der Waals surface area contributed by atoms with Gasteiger partial charge in [0.1, 0.15) is 17.7 Å². The van der Waals surface area contributed by atoms with Crippen LogP contribution in [0.5, 0.6) is 0 Å². The van der Waals surface area contributed by atoms with E-state index in [-0.39, 0.29) is 42.3 Å². The number of carbonyl (C=O) groups is 4. The fourth-order valence-corrected chi connectivity index (χ4v) is 8.10. The number of aliphatic hydroxyl groups excluding tert-OH is 1. The molecule has 3 aliphatic rings. The van der Waals surface area contributed by atoms with E-state index in [1.807, 2.05) is 51.1 Å². The molecular weight excluding hydrogens is 642 g/mol. The number of rotatable bonds is 14. The molecule has 0 aliphatic carbocycles. The van der Waals surface area contributed by atoms with Crippen molar-refractivity contribution in [3.63, 3.8) is 0 Å². The Bertz CT molecular complexity index is 1290. The van der Waals surface area contributed by atoms with Crippen LogP contribution in [0.4, 0.5) is 0 Å². The summed E-state index contributed by atoms with van der Waals surface area (Å²) in [5.74, 6) is -3.46. The Morgan fingerprint density at radius 2 is 1.84 bits per heavy atom. The molecule has 1 N–H and O–H groups in total. The van der Waals surface area contributed by atoms with Crippen LogP contribution in [0.15, 0.2) is 55.6 Å². The van der Waals surface area contributed by atoms with Gasteiger partial charge in [0, 0.05) is 30.9 Å². The normalized spacial score (nSPS) is 28.8. The number of fused-ring (bicyclic) bond motifs is 1. The number of amides is 3. The summed E-state index contributed by atoms with van der Waals surface area (Å²) in [7, 11) is 1.68. The van der Waals surface area contributed by atoms with Crippen LogP contribution in [-0.4, -0.2) is 104 Å². The molecule has 45 heavy (non-hydrogen) atoms. The van der Waals surface area contributed by atoms with E-state index in [0.717, 1.165) is 0 Å². The number of hydrogen-bond acceptors (Lipinski definition) is 7. The first kappa shape index (κ1) is 34.8. The third-order valence-electron chi connectivity index (χ3n) is 9.58. The molecule has 2 bridgehead atoms. The molecule has 1 aromatic carbocycles. The molecule has 4 rings (SSSR count). The predicted octanol–water partition coefficient (Wildman–Crippen LogP) is 3.64. The van der Waals surface area contributed by atoms with Crippen LogP contribution in [0, 0.1) is 11.8 Å². The first-order valence-corrected chi connectivity index (χ1v) is 16.6. The molecule has 1 aromatic rings. The van der Waals surface area contributed by atoms with E-state index in [0.29, 0.717) is 18.4 Å². The van der Waals surface area contributed by atoms with Gasteiger partial charge < -0.3 is 29.3 Å². The van der Waals surface area contributed by atoms with E-state index >= 15 is 0 Å². The first-order valence-electron chi connectivity index (χ1n) is 15.6. The van der Waals surface area contributed by atoms with Crippen molar-refractivity contribution in [3.05, 3.63) is 61.2 Å². The van der Waals surface area contributed by atoms with Gasteiger partial charge in [0.25, 0.3) is 0 Å². The van der Waals surface area contributed by atoms with Gasteiger partial charge in [-0.2, -0.15) is 0 Å². The quantitative estimate of drug-likeness (QED) is 0.180. The SMILES string of the molecule is C=CCCC(=O)N(C)[C@H](C)[C@H](OC(=O)[C@H]1[C@@H]2O[C@@]3(CC2Br)[C@@H]1C(=O)N([C@H](C)CO)[C@@H]3C(=O)N(CC=C)C(C)C)c1ccccc1. The van der Waals surface area contributed by atoms with Crippen molar-refractivity contribution in [2.75, 3.05) is 20.2 Å². The van der Waals surface area contributed by atoms with E-state index in [4.69, 9.17) is 9.47 Å². The van der Waals surface area contributed by atoms with Gasteiger partial charge in [0.05, 0.1) is 36.6 Å². The highest BCUT2D eigenvalue weighted by Crippen LogP contribution is 2.61. The van der Waals surface area contributed by atoms with Gasteiger partial charge in [-0.3, -0.25) is 19.2 Å². The van der Waals surface area contributed by atoms with Crippen LogP contribution >= 0.6 is 15.9 Å². The summed E-state index contributed by atoms with van der Waals surface area (Å²) in [6.07, 6.45) is 2.91. The van der Waals surface area contributed by atoms with Crippen molar-refractivity contribution in [1.82, 2.24) is 14.7 Å². The summed E-state index contributed by atoms with van der Waals surface area (Å²) in [5, 5.41) is 10.2. The van der Waals surface area contributed by atoms with Gasteiger partial charge in [-0.1, -0.05) is 58.4 Å². The number of hydrogen-bond donors (Lipinski definition) is 1. The number of likely N-dealkylation sites (tertiary alicyclic amines) is 1. The molecule has 3 fully saturated rings. The Morgan fingerprint density at radius 3 is 2.42 bits per heavy atom. The molecule has 3 heterocycles. The number of alkyl halides is 1. The monoisotopic (exact) mass is 687 g/mol. The summed E-state index contributed by atoms with van der Waals surface area (Å²) >= 11 is 3.70. The maximum absolute atomic E-state index is 14.3. The molecular formula is C34H46BrN3O7. The zero-order chi connectivity index (χ0) is 33.2. The molecule has 3 saturated heterocycles. The van der Waals surface area contributed by atoms with Crippen molar-refractivity contribution < 1.29 is 33.8 Å². The Morgan fingerprint density at radius 1 is 1.18 bits per heavy atom. The van der Waals surface area contributed by atoms with Crippen LogP contribution in [0.3, 0.4) is 0 Å². The number of likely N-dealkylation sites (N-methyl/N-ethyl adjacent to an activating group) is 1. The zero-order valence-electron chi connectivity index (χ0n) is 26.8. The van der Waals surface area contributed by atoms with E-state index in [2.05, 4.69) is 29.1 Å². The fourth-order valence-electron chi connectivity index (χ4n) is 7.15. The molecule has 0 aromatic heterocycles. The van der Waals surface area contributed by atoms with Crippen LogP contribution in [0.1, 0.15) is 58.6 Å². The number of aliphatic hydroxyl groups is 1. The number of carbonyl (C=O) groups excluding carboxylic acids is 4. The highest BCUT2D eigenvalue weighted by atomic mass is 79.9. The van der Waals surface area contributed by atoms with Crippen LogP contribution < -0.4 is 0 Å². The smallest absolute Gasteiger partial charge is 0.313 e. The molecule has 246 valence electrons. The maximum Gasteiger partial charge on any atom is 0.313 e. The van der Waals surface area contributed by atoms with Gasteiger partial charge in [0.2, 0.25) is 17.7 Å². The molecule has 0 radical (unpaired) electrons. The van der Waals surface area contributed by atoms with Crippen molar-refractivity contribution in [1.29, 1.82) is 0 Å². The van der Waals surface area contributed by atoms with Crippen molar-refractivity contribution in [2.24, 2.45) is 11.8 Å². The lowest BCUT2D eigenvalue weighted by Gasteiger charge is -2.39. The van der Waals surface area contributed by atoms with Gasteiger partial charge in [0.15, 0.2) is 0 Å². The highest BCUT2D eigenvalue weighted by Gasteiger charge is 2.77. The minimum atomic E-state index is -1.29. The minimum Gasteiger partial charge on any atom is -0.455 e. The third-order valence-corrected chi connectivity index (χ3v) is 10.4. The average molecular weight is 689 g/mol. The van der Waals surface area contributed by atoms with Crippen molar-refractivity contribution >= 4 is 39.6 Å². The Kier molecular flexibility index (Phi) is 11.0. The third kappa shape index (κ3) is 6.23. The summed E-state index contributed by atoms with van der Waals surface area (Å²) in [6.45, 7) is 14.7. The number of benzene rings is 1. The summed E-state index contributed by atoms with van der Waals surface area (Å²) in [5.41, 5.74) is -0.589. The van der Waals surface area contributed by atoms with Crippen LogP contribution in [0.2, 0.25) is 0 Å². The molecule has 0 saturated carbocycles.